The highest BCUT2D eigenvalue weighted by Crippen LogP contribution is 2.33. The second-order valence-electron chi connectivity index (χ2n) is 4.66. The zero-order valence-electron chi connectivity index (χ0n) is 10.8. The van der Waals surface area contributed by atoms with Crippen molar-refractivity contribution < 1.29 is 4.52 Å². The Morgan fingerprint density at radius 2 is 2.22 bits per heavy atom. The van der Waals surface area contributed by atoms with Gasteiger partial charge < -0.3 is 4.52 Å². The molecule has 0 spiro atoms. The van der Waals surface area contributed by atoms with Crippen LogP contribution in [-0.2, 0) is 6.42 Å². The lowest BCUT2D eigenvalue weighted by atomic mass is 9.92. The molecule has 0 fully saturated rings. The first-order valence-corrected chi connectivity index (χ1v) is 6.41. The van der Waals surface area contributed by atoms with E-state index in [-0.39, 0.29) is 6.04 Å². The highest BCUT2D eigenvalue weighted by molar-refractivity contribution is 5.35. The van der Waals surface area contributed by atoms with Crippen LogP contribution >= 0.6 is 0 Å². The Hall–Kier alpha value is -1.68. The molecule has 2 aromatic rings. The van der Waals surface area contributed by atoms with Gasteiger partial charge in [-0.05, 0) is 31.0 Å². The van der Waals surface area contributed by atoms with E-state index in [9.17, 15) is 0 Å². The number of likely N-dealkylation sites (N-methyl/N-ethyl adjacent to an activating group) is 1. The average Bonchev–Trinajstić information content (AvgIpc) is 2.83. The van der Waals surface area contributed by atoms with Gasteiger partial charge in [-0.3, -0.25) is 4.90 Å². The summed E-state index contributed by atoms with van der Waals surface area (Å²) in [5, 5.41) is 3.92. The predicted octanol–water partition coefficient (Wildman–Crippen LogP) is 2.35. The van der Waals surface area contributed by atoms with Gasteiger partial charge in [0.15, 0.2) is 5.82 Å². The Balaban J connectivity index is 2.08. The summed E-state index contributed by atoms with van der Waals surface area (Å²) in [7, 11) is 0. The topological polar surface area (TPSA) is 42.2 Å². The first-order valence-electron chi connectivity index (χ1n) is 6.41. The summed E-state index contributed by atoms with van der Waals surface area (Å²) >= 11 is 0. The molecule has 3 rings (SSSR count). The van der Waals surface area contributed by atoms with Crippen molar-refractivity contribution in [2.75, 3.05) is 13.1 Å². The van der Waals surface area contributed by atoms with Gasteiger partial charge in [-0.1, -0.05) is 36.3 Å². The maximum atomic E-state index is 5.39. The second kappa shape index (κ2) is 4.53. The molecular formula is C14H17N3O. The molecule has 0 amide bonds. The number of aryl methyl sites for hydroxylation is 1. The summed E-state index contributed by atoms with van der Waals surface area (Å²) < 4.78 is 5.39. The van der Waals surface area contributed by atoms with E-state index < -0.39 is 0 Å². The van der Waals surface area contributed by atoms with E-state index in [2.05, 4.69) is 46.2 Å². The third-order valence-corrected chi connectivity index (χ3v) is 3.57. The van der Waals surface area contributed by atoms with Crippen molar-refractivity contribution in [1.29, 1.82) is 0 Å². The summed E-state index contributed by atoms with van der Waals surface area (Å²) in [5.41, 5.74) is 2.69. The van der Waals surface area contributed by atoms with Crippen molar-refractivity contribution in [1.82, 2.24) is 15.0 Å². The Kier molecular flexibility index (Phi) is 2.88. The Morgan fingerprint density at radius 1 is 1.39 bits per heavy atom. The zero-order valence-corrected chi connectivity index (χ0v) is 10.8. The van der Waals surface area contributed by atoms with Gasteiger partial charge in [0, 0.05) is 6.54 Å². The van der Waals surface area contributed by atoms with E-state index >= 15 is 0 Å². The van der Waals surface area contributed by atoms with Crippen LogP contribution in [0.1, 0.15) is 35.8 Å². The SMILES string of the molecule is CCN1CCc2ccccc2C1c1nc(C)no1. The summed E-state index contributed by atoms with van der Waals surface area (Å²) in [6, 6.07) is 8.64. The minimum atomic E-state index is 0.112. The smallest absolute Gasteiger partial charge is 0.248 e. The Bertz CT molecular complexity index is 549. The number of benzene rings is 1. The number of nitrogens with zero attached hydrogens (tertiary/aromatic N) is 3. The van der Waals surface area contributed by atoms with Crippen LogP contribution in [0.2, 0.25) is 0 Å². The van der Waals surface area contributed by atoms with Gasteiger partial charge in [-0.25, -0.2) is 0 Å². The van der Waals surface area contributed by atoms with Crippen molar-refractivity contribution in [3.8, 4) is 0 Å². The molecule has 94 valence electrons. The minimum Gasteiger partial charge on any atom is -0.337 e. The standard InChI is InChI=1S/C14H17N3O/c1-3-17-9-8-11-6-4-5-7-12(11)13(17)14-15-10(2)16-18-14/h4-7,13H,3,8-9H2,1-2H3. The fraction of sp³-hybridized carbons (Fsp3) is 0.429. The minimum absolute atomic E-state index is 0.112. The largest absolute Gasteiger partial charge is 0.337 e. The lowest BCUT2D eigenvalue weighted by molar-refractivity contribution is 0.185. The summed E-state index contributed by atoms with van der Waals surface area (Å²) in [4.78, 5) is 6.80. The van der Waals surface area contributed by atoms with Crippen LogP contribution in [0, 0.1) is 6.92 Å². The van der Waals surface area contributed by atoms with Gasteiger partial charge >= 0.3 is 0 Å². The third-order valence-electron chi connectivity index (χ3n) is 3.57. The van der Waals surface area contributed by atoms with Crippen LogP contribution in [0.5, 0.6) is 0 Å². The van der Waals surface area contributed by atoms with E-state index in [1.54, 1.807) is 0 Å². The van der Waals surface area contributed by atoms with Gasteiger partial charge in [0.05, 0.1) is 0 Å². The zero-order chi connectivity index (χ0) is 12.5. The first kappa shape index (κ1) is 11.4. The number of fused-ring (bicyclic) bond motifs is 1. The Morgan fingerprint density at radius 3 is 2.94 bits per heavy atom. The molecule has 0 N–H and O–H groups in total. The molecule has 1 unspecified atom stereocenters. The molecule has 1 aromatic carbocycles. The number of hydrogen-bond acceptors (Lipinski definition) is 4. The number of hydrogen-bond donors (Lipinski definition) is 0. The second-order valence-corrected chi connectivity index (χ2v) is 4.66. The molecule has 0 bridgehead atoms. The molecule has 0 radical (unpaired) electrons. The third kappa shape index (κ3) is 1.82. The maximum absolute atomic E-state index is 5.39. The Labute approximate surface area is 107 Å². The maximum Gasteiger partial charge on any atom is 0.248 e. The predicted molar refractivity (Wildman–Crippen MR) is 68.3 cm³/mol. The molecule has 4 nitrogen and oxygen atoms in total. The lowest BCUT2D eigenvalue weighted by Gasteiger charge is -2.34. The molecule has 1 aliphatic rings. The number of rotatable bonds is 2. The quantitative estimate of drug-likeness (QED) is 0.812. The van der Waals surface area contributed by atoms with Gasteiger partial charge in [-0.15, -0.1) is 0 Å². The van der Waals surface area contributed by atoms with E-state index in [4.69, 9.17) is 4.52 Å². The summed E-state index contributed by atoms with van der Waals surface area (Å²) in [6.45, 7) is 6.06. The molecule has 0 aliphatic carbocycles. The van der Waals surface area contributed by atoms with E-state index in [1.165, 1.54) is 11.1 Å². The fourth-order valence-electron chi connectivity index (χ4n) is 2.67. The highest BCUT2D eigenvalue weighted by Gasteiger charge is 2.31. The van der Waals surface area contributed by atoms with Crippen molar-refractivity contribution in [2.45, 2.75) is 26.3 Å². The van der Waals surface area contributed by atoms with Crippen molar-refractivity contribution >= 4 is 0 Å². The van der Waals surface area contributed by atoms with E-state index in [0.29, 0.717) is 11.7 Å². The monoisotopic (exact) mass is 243 g/mol. The van der Waals surface area contributed by atoms with Crippen LogP contribution in [0.4, 0.5) is 0 Å². The molecule has 4 heteroatoms. The van der Waals surface area contributed by atoms with E-state index in [1.807, 2.05) is 6.92 Å². The van der Waals surface area contributed by atoms with Gasteiger partial charge in [-0.2, -0.15) is 4.98 Å². The van der Waals surface area contributed by atoms with Gasteiger partial charge in [0.25, 0.3) is 0 Å². The van der Waals surface area contributed by atoms with Crippen LogP contribution in [0.25, 0.3) is 0 Å². The highest BCUT2D eigenvalue weighted by atomic mass is 16.5. The van der Waals surface area contributed by atoms with Crippen molar-refractivity contribution in [2.24, 2.45) is 0 Å². The van der Waals surface area contributed by atoms with E-state index in [0.717, 1.165) is 19.5 Å². The molecule has 0 saturated heterocycles. The normalized spacial score (nSPS) is 19.8. The molecule has 1 aromatic heterocycles. The van der Waals surface area contributed by atoms with Crippen LogP contribution in [-0.4, -0.2) is 28.1 Å². The molecule has 1 atom stereocenters. The number of aromatic nitrogens is 2. The molecular weight excluding hydrogens is 226 g/mol. The van der Waals surface area contributed by atoms with Crippen molar-refractivity contribution in [3.63, 3.8) is 0 Å². The van der Waals surface area contributed by atoms with Crippen LogP contribution in [0.3, 0.4) is 0 Å². The van der Waals surface area contributed by atoms with Gasteiger partial charge in [0.1, 0.15) is 6.04 Å². The molecule has 18 heavy (non-hydrogen) atoms. The molecule has 0 saturated carbocycles. The van der Waals surface area contributed by atoms with Crippen LogP contribution in [0.15, 0.2) is 28.8 Å². The van der Waals surface area contributed by atoms with Crippen LogP contribution < -0.4 is 0 Å². The van der Waals surface area contributed by atoms with Crippen molar-refractivity contribution in [3.05, 3.63) is 47.1 Å². The van der Waals surface area contributed by atoms with Gasteiger partial charge in [0.2, 0.25) is 5.89 Å². The molecule has 2 heterocycles. The lowest BCUT2D eigenvalue weighted by Crippen LogP contribution is -2.36. The average molecular weight is 243 g/mol. The molecule has 1 aliphatic heterocycles. The fourth-order valence-corrected chi connectivity index (χ4v) is 2.67. The first-order chi connectivity index (χ1) is 8.79. The summed E-state index contributed by atoms with van der Waals surface area (Å²) in [5.74, 6) is 1.41. The summed E-state index contributed by atoms with van der Waals surface area (Å²) in [6.07, 6.45) is 1.09.